The summed E-state index contributed by atoms with van der Waals surface area (Å²) >= 11 is 0. The summed E-state index contributed by atoms with van der Waals surface area (Å²) in [5.74, 6) is 0. The van der Waals surface area contributed by atoms with E-state index in [4.69, 9.17) is 13.3 Å². The molecule has 0 unspecified atom stereocenters. The summed E-state index contributed by atoms with van der Waals surface area (Å²) in [5, 5.41) is 0. The zero-order valence-electron chi connectivity index (χ0n) is 11.9. The van der Waals surface area contributed by atoms with E-state index < -0.39 is 8.80 Å². The Morgan fingerprint density at radius 3 is 1.94 bits per heavy atom. The lowest BCUT2D eigenvalue weighted by Gasteiger charge is -2.28. The van der Waals surface area contributed by atoms with Gasteiger partial charge in [-0.2, -0.15) is 0 Å². The largest absolute Gasteiger partial charge is 0.505 e. The molecular formula is C14H24O3Si. The van der Waals surface area contributed by atoms with Crippen LogP contribution < -0.4 is 0 Å². The van der Waals surface area contributed by atoms with Crippen molar-refractivity contribution in [1.29, 1.82) is 0 Å². The van der Waals surface area contributed by atoms with Gasteiger partial charge in [-0.05, 0) is 33.3 Å². The molecule has 0 aromatic heterocycles. The molecule has 0 N–H and O–H groups in total. The van der Waals surface area contributed by atoms with Crippen LogP contribution in [0, 0.1) is 6.92 Å². The second-order valence-electron chi connectivity index (χ2n) is 4.15. The molecule has 0 spiro atoms. The predicted molar refractivity (Wildman–Crippen MR) is 75.5 cm³/mol. The van der Waals surface area contributed by atoms with Crippen LogP contribution in [0.5, 0.6) is 0 Å². The van der Waals surface area contributed by atoms with E-state index in [0.29, 0.717) is 19.8 Å². The van der Waals surface area contributed by atoms with Crippen LogP contribution in [0.1, 0.15) is 31.9 Å². The molecule has 0 heterocycles. The molecule has 3 nitrogen and oxygen atoms in total. The van der Waals surface area contributed by atoms with Crippen molar-refractivity contribution in [3.63, 3.8) is 0 Å². The Bertz CT molecular complexity index is 338. The van der Waals surface area contributed by atoms with Crippen LogP contribution in [0.15, 0.2) is 24.3 Å². The summed E-state index contributed by atoms with van der Waals surface area (Å²) in [4.78, 5) is 0. The van der Waals surface area contributed by atoms with E-state index in [2.05, 4.69) is 31.2 Å². The number of benzene rings is 1. The van der Waals surface area contributed by atoms with E-state index in [9.17, 15) is 0 Å². The van der Waals surface area contributed by atoms with Gasteiger partial charge in [0.15, 0.2) is 0 Å². The molecule has 102 valence electrons. The van der Waals surface area contributed by atoms with Crippen molar-refractivity contribution < 1.29 is 13.3 Å². The van der Waals surface area contributed by atoms with Crippen molar-refractivity contribution in [2.45, 2.75) is 33.7 Å². The molecule has 0 radical (unpaired) electrons. The maximum absolute atomic E-state index is 5.85. The topological polar surface area (TPSA) is 27.7 Å². The van der Waals surface area contributed by atoms with E-state index in [-0.39, 0.29) is 0 Å². The van der Waals surface area contributed by atoms with E-state index >= 15 is 0 Å². The number of aryl methyl sites for hydroxylation is 1. The molecular weight excluding hydrogens is 244 g/mol. The van der Waals surface area contributed by atoms with Gasteiger partial charge in [0.05, 0.1) is 0 Å². The Hall–Kier alpha value is -0.683. The highest BCUT2D eigenvalue weighted by Gasteiger charge is 2.40. The highest BCUT2D eigenvalue weighted by molar-refractivity contribution is 6.60. The SMILES string of the molecule is CCO[Si](Cc1cccc(C)c1)(OCC)OCC. The van der Waals surface area contributed by atoms with Gasteiger partial charge >= 0.3 is 8.80 Å². The van der Waals surface area contributed by atoms with E-state index in [1.54, 1.807) is 0 Å². The van der Waals surface area contributed by atoms with Gasteiger partial charge in [0, 0.05) is 25.9 Å². The third kappa shape index (κ3) is 4.53. The molecule has 0 atom stereocenters. The fourth-order valence-electron chi connectivity index (χ4n) is 2.01. The molecule has 18 heavy (non-hydrogen) atoms. The van der Waals surface area contributed by atoms with Gasteiger partial charge in [-0.1, -0.05) is 29.8 Å². The lowest BCUT2D eigenvalue weighted by Crippen LogP contribution is -2.48. The van der Waals surface area contributed by atoms with Gasteiger partial charge in [0.2, 0.25) is 0 Å². The highest BCUT2D eigenvalue weighted by atomic mass is 28.4. The Balaban J connectivity index is 2.87. The van der Waals surface area contributed by atoms with E-state index in [0.717, 1.165) is 6.04 Å². The van der Waals surface area contributed by atoms with Crippen molar-refractivity contribution >= 4 is 8.80 Å². The first-order valence-corrected chi connectivity index (χ1v) is 8.56. The lowest BCUT2D eigenvalue weighted by molar-refractivity contribution is 0.0704. The molecule has 0 aliphatic heterocycles. The summed E-state index contributed by atoms with van der Waals surface area (Å²) in [6, 6.07) is 9.16. The molecule has 0 saturated carbocycles. The minimum Gasteiger partial charge on any atom is -0.374 e. The minimum atomic E-state index is -2.56. The van der Waals surface area contributed by atoms with Gasteiger partial charge < -0.3 is 13.3 Å². The normalized spacial score (nSPS) is 11.8. The van der Waals surface area contributed by atoms with Gasteiger partial charge in [-0.25, -0.2) is 0 Å². The van der Waals surface area contributed by atoms with Crippen LogP contribution in [0.3, 0.4) is 0 Å². The zero-order valence-corrected chi connectivity index (χ0v) is 12.9. The number of hydrogen-bond acceptors (Lipinski definition) is 3. The number of hydrogen-bond donors (Lipinski definition) is 0. The van der Waals surface area contributed by atoms with Gasteiger partial charge in [-0.3, -0.25) is 0 Å². The highest BCUT2D eigenvalue weighted by Crippen LogP contribution is 2.18. The molecule has 4 heteroatoms. The summed E-state index contributed by atoms with van der Waals surface area (Å²) in [6.07, 6.45) is 0. The van der Waals surface area contributed by atoms with Crippen LogP contribution in [-0.2, 0) is 19.3 Å². The van der Waals surface area contributed by atoms with Crippen LogP contribution in [-0.4, -0.2) is 28.6 Å². The van der Waals surface area contributed by atoms with Crippen molar-refractivity contribution in [1.82, 2.24) is 0 Å². The van der Waals surface area contributed by atoms with Crippen LogP contribution in [0.25, 0.3) is 0 Å². The molecule has 1 rings (SSSR count). The molecule has 0 saturated heterocycles. The van der Waals surface area contributed by atoms with Crippen molar-refractivity contribution in [3.8, 4) is 0 Å². The fourth-order valence-corrected chi connectivity index (χ4v) is 4.61. The smallest absolute Gasteiger partial charge is 0.374 e. The lowest BCUT2D eigenvalue weighted by atomic mass is 10.2. The Kier molecular flexibility index (Phi) is 6.57. The van der Waals surface area contributed by atoms with Crippen LogP contribution in [0.2, 0.25) is 0 Å². The molecule has 0 fully saturated rings. The summed E-state index contributed by atoms with van der Waals surface area (Å²) < 4.78 is 17.5. The number of rotatable bonds is 8. The van der Waals surface area contributed by atoms with E-state index in [1.165, 1.54) is 11.1 Å². The quantitative estimate of drug-likeness (QED) is 0.678. The second kappa shape index (κ2) is 7.69. The molecule has 0 aliphatic rings. The summed E-state index contributed by atoms with van der Waals surface area (Å²) in [7, 11) is -2.56. The summed E-state index contributed by atoms with van der Waals surface area (Å²) in [5.41, 5.74) is 2.47. The molecule has 1 aromatic carbocycles. The third-order valence-electron chi connectivity index (χ3n) is 2.60. The maximum Gasteiger partial charge on any atom is 0.505 e. The molecule has 0 amide bonds. The van der Waals surface area contributed by atoms with Crippen LogP contribution in [0.4, 0.5) is 0 Å². The van der Waals surface area contributed by atoms with Crippen molar-refractivity contribution in [3.05, 3.63) is 35.4 Å². The maximum atomic E-state index is 5.85. The molecule has 1 aromatic rings. The monoisotopic (exact) mass is 268 g/mol. The third-order valence-corrected chi connectivity index (χ3v) is 5.62. The van der Waals surface area contributed by atoms with Crippen molar-refractivity contribution in [2.24, 2.45) is 0 Å². The minimum absolute atomic E-state index is 0.623. The summed E-state index contributed by atoms with van der Waals surface area (Å²) in [6.45, 7) is 9.91. The average molecular weight is 268 g/mol. The average Bonchev–Trinajstić information content (AvgIpc) is 2.30. The fraction of sp³-hybridized carbons (Fsp3) is 0.571. The Labute approximate surface area is 111 Å². The van der Waals surface area contributed by atoms with Gasteiger partial charge in [0.25, 0.3) is 0 Å². The Morgan fingerprint density at radius 1 is 0.944 bits per heavy atom. The Morgan fingerprint density at radius 2 is 1.50 bits per heavy atom. The molecule has 0 aliphatic carbocycles. The standard InChI is InChI=1S/C14H24O3Si/c1-5-15-18(16-6-2,17-7-3)12-14-10-8-9-13(4)11-14/h8-11H,5-7,12H2,1-4H3. The van der Waals surface area contributed by atoms with Gasteiger partial charge in [-0.15, -0.1) is 0 Å². The first kappa shape index (κ1) is 15.4. The van der Waals surface area contributed by atoms with Gasteiger partial charge in [0.1, 0.15) is 0 Å². The van der Waals surface area contributed by atoms with Crippen molar-refractivity contribution in [2.75, 3.05) is 19.8 Å². The first-order chi connectivity index (χ1) is 8.65. The zero-order chi connectivity index (χ0) is 13.4. The first-order valence-electron chi connectivity index (χ1n) is 6.63. The second-order valence-corrected chi connectivity index (χ2v) is 6.73. The molecule has 0 bridgehead atoms. The van der Waals surface area contributed by atoms with E-state index in [1.807, 2.05) is 20.8 Å². The predicted octanol–water partition coefficient (Wildman–Crippen LogP) is 3.13. The van der Waals surface area contributed by atoms with Crippen LogP contribution >= 0.6 is 0 Å².